The number of hydrogen-bond donors (Lipinski definition) is 0. The van der Waals surface area contributed by atoms with E-state index in [0.717, 1.165) is 42.9 Å². The number of rotatable bonds is 8. The van der Waals surface area contributed by atoms with Crippen LogP contribution in [-0.2, 0) is 4.79 Å². The first-order valence-electron chi connectivity index (χ1n) is 11.8. The van der Waals surface area contributed by atoms with Crippen LogP contribution in [0.15, 0.2) is 59.8 Å². The van der Waals surface area contributed by atoms with Crippen molar-refractivity contribution in [3.05, 3.63) is 66.2 Å². The second kappa shape index (κ2) is 11.1. The van der Waals surface area contributed by atoms with Crippen molar-refractivity contribution >= 4 is 23.4 Å². The van der Waals surface area contributed by atoms with Gasteiger partial charge in [0.25, 0.3) is 0 Å². The maximum absolute atomic E-state index is 13.6. The van der Waals surface area contributed by atoms with Crippen molar-refractivity contribution in [3.63, 3.8) is 0 Å². The molecule has 1 amide bonds. The third-order valence-corrected chi connectivity index (χ3v) is 7.37. The van der Waals surface area contributed by atoms with E-state index in [1.165, 1.54) is 30.3 Å². The highest BCUT2D eigenvalue weighted by Crippen LogP contribution is 2.30. The molecule has 180 valence electrons. The minimum Gasteiger partial charge on any atom is -0.309 e. The van der Waals surface area contributed by atoms with Gasteiger partial charge in [-0.15, -0.1) is 10.2 Å². The van der Waals surface area contributed by atoms with Crippen molar-refractivity contribution in [1.29, 1.82) is 0 Å². The number of halogens is 1. The van der Waals surface area contributed by atoms with E-state index < -0.39 is 0 Å². The van der Waals surface area contributed by atoms with Crippen LogP contribution in [0.25, 0.3) is 5.69 Å². The average Bonchev–Trinajstić information content (AvgIpc) is 3.28. The van der Waals surface area contributed by atoms with Gasteiger partial charge in [-0.2, -0.15) is 0 Å². The van der Waals surface area contributed by atoms with Crippen LogP contribution in [0.2, 0.25) is 0 Å². The van der Waals surface area contributed by atoms with Gasteiger partial charge in [0.15, 0.2) is 11.0 Å². The monoisotopic (exact) mass is 481 g/mol. The Bertz CT molecular complexity index is 1080. The van der Waals surface area contributed by atoms with E-state index in [1.807, 2.05) is 65.7 Å². The second-order valence-corrected chi connectivity index (χ2v) is 9.91. The van der Waals surface area contributed by atoms with Gasteiger partial charge in [0.05, 0.1) is 11.8 Å². The molecular formula is C26H32FN5OS. The maximum atomic E-state index is 13.6. The van der Waals surface area contributed by atoms with Crippen LogP contribution in [0.4, 0.5) is 10.1 Å². The standard InChI is InChI=1S/C26H32FN5OS/c1-19(30(2)3)25-28-29-26(32(25)23-16-14-20(27)15-17-23)34-18-24(33)31(21-10-6-4-7-11-21)22-12-8-5-9-13-22/h4,6-7,10-11,14-17,19,22H,5,8-9,12-13,18H2,1-3H3. The predicted molar refractivity (Wildman–Crippen MR) is 135 cm³/mol. The fourth-order valence-corrected chi connectivity index (χ4v) is 5.21. The lowest BCUT2D eigenvalue weighted by Gasteiger charge is -2.34. The van der Waals surface area contributed by atoms with Gasteiger partial charge in [-0.05, 0) is 70.3 Å². The molecule has 1 aliphatic rings. The molecule has 3 aromatic rings. The van der Waals surface area contributed by atoms with Crippen molar-refractivity contribution in [2.75, 3.05) is 24.7 Å². The first kappa shape index (κ1) is 24.4. The zero-order valence-electron chi connectivity index (χ0n) is 20.0. The SMILES string of the molecule is CC(c1nnc(SCC(=O)N(c2ccccc2)C2CCCCC2)n1-c1ccc(F)cc1)N(C)C. The maximum Gasteiger partial charge on any atom is 0.237 e. The van der Waals surface area contributed by atoms with Crippen molar-refractivity contribution in [3.8, 4) is 5.69 Å². The average molecular weight is 482 g/mol. The van der Waals surface area contributed by atoms with Crippen LogP contribution in [-0.4, -0.2) is 51.5 Å². The highest BCUT2D eigenvalue weighted by Gasteiger charge is 2.28. The fraction of sp³-hybridized carbons (Fsp3) is 0.423. The van der Waals surface area contributed by atoms with Crippen LogP contribution >= 0.6 is 11.8 Å². The predicted octanol–water partition coefficient (Wildman–Crippen LogP) is 5.49. The zero-order valence-corrected chi connectivity index (χ0v) is 20.8. The summed E-state index contributed by atoms with van der Waals surface area (Å²) >= 11 is 1.38. The van der Waals surface area contributed by atoms with E-state index >= 15 is 0 Å². The zero-order chi connectivity index (χ0) is 24.1. The Balaban J connectivity index is 1.60. The molecule has 0 bridgehead atoms. The molecule has 1 unspecified atom stereocenters. The van der Waals surface area contributed by atoms with E-state index in [1.54, 1.807) is 12.1 Å². The lowest BCUT2D eigenvalue weighted by Crippen LogP contribution is -2.42. The van der Waals surface area contributed by atoms with E-state index in [-0.39, 0.29) is 29.6 Å². The summed E-state index contributed by atoms with van der Waals surface area (Å²) < 4.78 is 15.5. The number of aromatic nitrogens is 3. The normalized spacial score (nSPS) is 15.4. The third kappa shape index (κ3) is 5.50. The molecule has 1 fully saturated rings. The van der Waals surface area contributed by atoms with E-state index in [0.29, 0.717) is 5.16 Å². The summed E-state index contributed by atoms with van der Waals surface area (Å²) in [5.41, 5.74) is 1.72. The number of para-hydroxylation sites is 1. The first-order chi connectivity index (χ1) is 16.5. The molecular weight excluding hydrogens is 449 g/mol. The Morgan fingerprint density at radius 2 is 1.74 bits per heavy atom. The number of thioether (sulfide) groups is 1. The third-order valence-electron chi connectivity index (χ3n) is 6.46. The van der Waals surface area contributed by atoms with Crippen LogP contribution in [0, 0.1) is 5.82 Å². The Hall–Kier alpha value is -2.71. The van der Waals surface area contributed by atoms with Crippen molar-refractivity contribution in [2.24, 2.45) is 0 Å². The molecule has 4 rings (SSSR count). The molecule has 8 heteroatoms. The van der Waals surface area contributed by atoms with Crippen molar-refractivity contribution in [2.45, 2.75) is 56.3 Å². The van der Waals surface area contributed by atoms with E-state index in [2.05, 4.69) is 10.2 Å². The van der Waals surface area contributed by atoms with Crippen molar-refractivity contribution in [1.82, 2.24) is 19.7 Å². The molecule has 0 N–H and O–H groups in total. The van der Waals surface area contributed by atoms with Crippen LogP contribution in [0.1, 0.15) is 50.9 Å². The molecule has 1 heterocycles. The summed E-state index contributed by atoms with van der Waals surface area (Å²) in [6.45, 7) is 2.05. The van der Waals surface area contributed by atoms with Gasteiger partial charge in [0.1, 0.15) is 5.82 Å². The summed E-state index contributed by atoms with van der Waals surface area (Å²) in [7, 11) is 3.96. The Kier molecular flexibility index (Phi) is 8.00. The molecule has 1 aromatic heterocycles. The topological polar surface area (TPSA) is 54.3 Å². The molecule has 1 atom stereocenters. The molecule has 1 saturated carbocycles. The quantitative estimate of drug-likeness (QED) is 0.399. The van der Waals surface area contributed by atoms with Crippen molar-refractivity contribution < 1.29 is 9.18 Å². The molecule has 0 radical (unpaired) electrons. The molecule has 6 nitrogen and oxygen atoms in total. The number of carbonyl (C=O) groups is 1. The number of amides is 1. The number of carbonyl (C=O) groups excluding carboxylic acids is 1. The number of benzene rings is 2. The second-order valence-electron chi connectivity index (χ2n) is 8.97. The molecule has 2 aromatic carbocycles. The van der Waals surface area contributed by atoms with Crippen LogP contribution < -0.4 is 4.90 Å². The molecule has 0 spiro atoms. The lowest BCUT2D eigenvalue weighted by molar-refractivity contribution is -0.116. The molecule has 34 heavy (non-hydrogen) atoms. The fourth-order valence-electron chi connectivity index (χ4n) is 4.39. The largest absolute Gasteiger partial charge is 0.309 e. The Morgan fingerprint density at radius 3 is 2.38 bits per heavy atom. The molecule has 0 saturated heterocycles. The summed E-state index contributed by atoms with van der Waals surface area (Å²) in [6, 6.07) is 16.5. The number of hydrogen-bond acceptors (Lipinski definition) is 5. The van der Waals surface area contributed by atoms with E-state index in [9.17, 15) is 9.18 Å². The first-order valence-corrected chi connectivity index (χ1v) is 12.8. The Morgan fingerprint density at radius 1 is 1.06 bits per heavy atom. The van der Waals surface area contributed by atoms with Crippen LogP contribution in [0.5, 0.6) is 0 Å². The molecule has 1 aliphatic carbocycles. The Labute approximate surface area is 205 Å². The van der Waals surface area contributed by atoms with Gasteiger partial charge in [-0.3, -0.25) is 14.3 Å². The van der Waals surface area contributed by atoms with E-state index in [4.69, 9.17) is 0 Å². The smallest absolute Gasteiger partial charge is 0.237 e. The van der Waals surface area contributed by atoms with Gasteiger partial charge in [0, 0.05) is 17.4 Å². The van der Waals surface area contributed by atoms with Crippen LogP contribution in [0.3, 0.4) is 0 Å². The number of anilines is 1. The highest BCUT2D eigenvalue weighted by atomic mass is 32.2. The summed E-state index contributed by atoms with van der Waals surface area (Å²) in [4.78, 5) is 17.6. The summed E-state index contributed by atoms with van der Waals surface area (Å²) in [6.07, 6.45) is 5.59. The minimum absolute atomic E-state index is 0.00865. The lowest BCUT2D eigenvalue weighted by atomic mass is 9.93. The summed E-state index contributed by atoms with van der Waals surface area (Å²) in [5.74, 6) is 0.772. The molecule has 0 aliphatic heterocycles. The number of nitrogens with zero attached hydrogens (tertiary/aromatic N) is 5. The van der Waals surface area contributed by atoms with Gasteiger partial charge >= 0.3 is 0 Å². The summed E-state index contributed by atoms with van der Waals surface area (Å²) in [5, 5.41) is 9.48. The van der Waals surface area contributed by atoms with Gasteiger partial charge < -0.3 is 4.90 Å². The van der Waals surface area contributed by atoms with Gasteiger partial charge in [-0.25, -0.2) is 4.39 Å². The van der Waals surface area contributed by atoms with Gasteiger partial charge in [-0.1, -0.05) is 49.2 Å². The minimum atomic E-state index is -0.297. The van der Waals surface area contributed by atoms with Gasteiger partial charge in [0.2, 0.25) is 5.91 Å². The highest BCUT2D eigenvalue weighted by molar-refractivity contribution is 7.99.